The molecule has 1 aliphatic rings. The molecule has 0 bridgehead atoms. The molecular formula is C12H17NO5S2. The number of sulfone groups is 1. The number of hydrogen-bond donors (Lipinski definition) is 2. The van der Waals surface area contributed by atoms with Gasteiger partial charge in [0.05, 0.1) is 28.5 Å². The van der Waals surface area contributed by atoms with E-state index in [0.29, 0.717) is 0 Å². The van der Waals surface area contributed by atoms with Crippen LogP contribution in [-0.4, -0.2) is 45.6 Å². The highest BCUT2D eigenvalue weighted by molar-refractivity contribution is 7.92. The molecule has 1 aliphatic heterocycles. The van der Waals surface area contributed by atoms with Gasteiger partial charge in [-0.3, -0.25) is 0 Å². The molecule has 1 saturated heterocycles. The van der Waals surface area contributed by atoms with Crippen molar-refractivity contribution in [1.29, 1.82) is 0 Å². The van der Waals surface area contributed by atoms with Gasteiger partial charge in [0.2, 0.25) is 10.0 Å². The summed E-state index contributed by atoms with van der Waals surface area (Å²) in [6.07, 6.45) is -1.21. The fourth-order valence-electron chi connectivity index (χ4n) is 2.09. The summed E-state index contributed by atoms with van der Waals surface area (Å²) in [4.78, 5) is 0.0668. The van der Waals surface area contributed by atoms with Crippen LogP contribution in [0.2, 0.25) is 0 Å². The van der Waals surface area contributed by atoms with Crippen molar-refractivity contribution < 1.29 is 21.9 Å². The Morgan fingerprint density at radius 3 is 2.35 bits per heavy atom. The lowest BCUT2D eigenvalue weighted by Crippen LogP contribution is -2.42. The second-order valence-corrected chi connectivity index (χ2v) is 8.99. The molecule has 1 fully saturated rings. The molecule has 0 radical (unpaired) electrons. The molecule has 0 aliphatic carbocycles. The quantitative estimate of drug-likeness (QED) is 0.799. The lowest BCUT2D eigenvalue weighted by atomic mass is 10.1. The largest absolute Gasteiger partial charge is 0.390 e. The molecule has 8 heteroatoms. The lowest BCUT2D eigenvalue weighted by molar-refractivity contribution is 0.176. The first-order valence-corrected chi connectivity index (χ1v) is 9.39. The Morgan fingerprint density at radius 1 is 1.20 bits per heavy atom. The molecule has 1 aromatic rings. The van der Waals surface area contributed by atoms with Gasteiger partial charge in [0.1, 0.15) is 0 Å². The van der Waals surface area contributed by atoms with Gasteiger partial charge in [0.25, 0.3) is 0 Å². The van der Waals surface area contributed by atoms with Crippen molar-refractivity contribution in [3.63, 3.8) is 0 Å². The van der Waals surface area contributed by atoms with Crippen LogP contribution in [0.15, 0.2) is 23.1 Å². The van der Waals surface area contributed by atoms with Gasteiger partial charge in [-0.25, -0.2) is 21.6 Å². The highest BCUT2D eigenvalue weighted by Crippen LogP contribution is 2.18. The Bertz CT molecular complexity index is 724. The first kappa shape index (κ1) is 15.4. The summed E-state index contributed by atoms with van der Waals surface area (Å²) in [5.41, 5.74) is 1.79. The molecule has 0 saturated carbocycles. The van der Waals surface area contributed by atoms with E-state index < -0.39 is 37.8 Å². The van der Waals surface area contributed by atoms with Crippen LogP contribution in [0, 0.1) is 13.8 Å². The zero-order valence-electron chi connectivity index (χ0n) is 11.2. The number of rotatable bonds is 3. The van der Waals surface area contributed by atoms with E-state index in [9.17, 15) is 21.9 Å². The summed E-state index contributed by atoms with van der Waals surface area (Å²) >= 11 is 0. The summed E-state index contributed by atoms with van der Waals surface area (Å²) in [7, 11) is -7.23. The van der Waals surface area contributed by atoms with Crippen LogP contribution >= 0.6 is 0 Å². The lowest BCUT2D eigenvalue weighted by Gasteiger charge is -2.15. The van der Waals surface area contributed by atoms with Gasteiger partial charge in [-0.1, -0.05) is 6.07 Å². The monoisotopic (exact) mass is 319 g/mol. The fourth-order valence-corrected chi connectivity index (χ4v) is 5.29. The zero-order chi connectivity index (χ0) is 15.1. The van der Waals surface area contributed by atoms with Crippen molar-refractivity contribution in [2.24, 2.45) is 0 Å². The topological polar surface area (TPSA) is 101 Å². The molecule has 2 rings (SSSR count). The smallest absolute Gasteiger partial charge is 0.240 e. The maximum Gasteiger partial charge on any atom is 0.240 e. The molecule has 2 N–H and O–H groups in total. The van der Waals surface area contributed by atoms with Crippen LogP contribution in [0.25, 0.3) is 0 Å². The maximum absolute atomic E-state index is 12.2. The van der Waals surface area contributed by atoms with Gasteiger partial charge < -0.3 is 5.11 Å². The van der Waals surface area contributed by atoms with Gasteiger partial charge in [-0.05, 0) is 37.1 Å². The maximum atomic E-state index is 12.2. The van der Waals surface area contributed by atoms with Gasteiger partial charge in [0.15, 0.2) is 9.84 Å². The van der Waals surface area contributed by atoms with Crippen LogP contribution in [0.4, 0.5) is 0 Å². The molecule has 1 aromatic carbocycles. The Kier molecular flexibility index (Phi) is 3.94. The number of aliphatic hydroxyl groups is 1. The normalized spacial score (nSPS) is 25.8. The van der Waals surface area contributed by atoms with E-state index in [-0.39, 0.29) is 10.6 Å². The molecular weight excluding hydrogens is 302 g/mol. The predicted octanol–water partition coefficient (Wildman–Crippen LogP) is -0.260. The zero-order valence-corrected chi connectivity index (χ0v) is 12.8. The Balaban J connectivity index is 2.26. The van der Waals surface area contributed by atoms with Crippen LogP contribution in [0.1, 0.15) is 11.1 Å². The van der Waals surface area contributed by atoms with Gasteiger partial charge >= 0.3 is 0 Å². The average molecular weight is 319 g/mol. The molecule has 0 aromatic heterocycles. The van der Waals surface area contributed by atoms with E-state index in [1.807, 2.05) is 6.92 Å². The number of sulfonamides is 1. The standard InChI is InChI=1S/C12H17NO5S2/c1-8-3-4-10(5-9(8)2)20(17,18)13-11-6-19(15,16)7-12(11)14/h3-5,11-14H,6-7H2,1-2H3/t11-,12+/m0/s1. The van der Waals surface area contributed by atoms with Crippen molar-refractivity contribution >= 4 is 19.9 Å². The molecule has 1 heterocycles. The predicted molar refractivity (Wildman–Crippen MR) is 74.7 cm³/mol. The third kappa shape index (κ3) is 3.20. The molecule has 20 heavy (non-hydrogen) atoms. The van der Waals surface area contributed by atoms with Crippen molar-refractivity contribution in [2.75, 3.05) is 11.5 Å². The number of aliphatic hydroxyl groups excluding tert-OH is 1. The summed E-state index contributed by atoms with van der Waals surface area (Å²) < 4.78 is 49.4. The van der Waals surface area contributed by atoms with Crippen LogP contribution < -0.4 is 4.72 Å². The van der Waals surface area contributed by atoms with E-state index in [2.05, 4.69) is 4.72 Å². The van der Waals surface area contributed by atoms with Crippen LogP contribution in [0.3, 0.4) is 0 Å². The molecule has 2 atom stereocenters. The number of benzene rings is 1. The van der Waals surface area contributed by atoms with E-state index in [1.54, 1.807) is 13.0 Å². The highest BCUT2D eigenvalue weighted by atomic mass is 32.2. The van der Waals surface area contributed by atoms with E-state index >= 15 is 0 Å². The second-order valence-electron chi connectivity index (χ2n) is 5.12. The summed E-state index contributed by atoms with van der Waals surface area (Å²) in [5.74, 6) is -0.786. The molecule has 0 amide bonds. The second kappa shape index (κ2) is 5.10. The average Bonchev–Trinajstić information content (AvgIpc) is 2.54. The number of aryl methyl sites for hydroxylation is 2. The van der Waals surface area contributed by atoms with Gasteiger partial charge in [-0.2, -0.15) is 0 Å². The third-order valence-corrected chi connectivity index (χ3v) is 6.62. The highest BCUT2D eigenvalue weighted by Gasteiger charge is 2.38. The third-order valence-electron chi connectivity index (χ3n) is 3.42. The van der Waals surface area contributed by atoms with Gasteiger partial charge in [-0.15, -0.1) is 0 Å². The minimum absolute atomic E-state index is 0.0668. The van der Waals surface area contributed by atoms with Crippen molar-refractivity contribution in [3.05, 3.63) is 29.3 Å². The Morgan fingerprint density at radius 2 is 1.85 bits per heavy atom. The molecule has 0 spiro atoms. The summed E-state index contributed by atoms with van der Waals surface area (Å²) in [6, 6.07) is 3.67. The fraction of sp³-hybridized carbons (Fsp3) is 0.500. The first-order valence-electron chi connectivity index (χ1n) is 6.09. The SMILES string of the molecule is Cc1ccc(S(=O)(=O)N[C@H]2CS(=O)(=O)C[C@H]2O)cc1C. The van der Waals surface area contributed by atoms with E-state index in [0.717, 1.165) is 11.1 Å². The van der Waals surface area contributed by atoms with Crippen molar-refractivity contribution in [2.45, 2.75) is 30.9 Å². The van der Waals surface area contributed by atoms with E-state index in [1.165, 1.54) is 12.1 Å². The molecule has 0 unspecified atom stereocenters. The van der Waals surface area contributed by atoms with E-state index in [4.69, 9.17) is 0 Å². The van der Waals surface area contributed by atoms with Crippen molar-refractivity contribution in [1.82, 2.24) is 4.72 Å². The summed E-state index contributed by atoms with van der Waals surface area (Å²) in [5, 5.41) is 9.63. The first-order chi connectivity index (χ1) is 9.11. The summed E-state index contributed by atoms with van der Waals surface area (Å²) in [6.45, 7) is 3.66. The Hall–Kier alpha value is -0.960. The molecule has 112 valence electrons. The molecule has 6 nitrogen and oxygen atoms in total. The van der Waals surface area contributed by atoms with Crippen molar-refractivity contribution in [3.8, 4) is 0 Å². The number of nitrogens with one attached hydrogen (secondary N) is 1. The minimum Gasteiger partial charge on any atom is -0.390 e. The van der Waals surface area contributed by atoms with Crippen LogP contribution in [0.5, 0.6) is 0 Å². The minimum atomic E-state index is -3.84. The number of hydrogen-bond acceptors (Lipinski definition) is 5. The van der Waals surface area contributed by atoms with Gasteiger partial charge in [0, 0.05) is 0 Å². The Labute approximate surface area is 118 Å². The van der Waals surface area contributed by atoms with Crippen LogP contribution in [-0.2, 0) is 19.9 Å².